The largest absolute Gasteiger partial charge is 0.348 e. The molecule has 1 aromatic rings. The third-order valence-electron chi connectivity index (χ3n) is 4.17. The van der Waals surface area contributed by atoms with E-state index in [4.69, 9.17) is 11.6 Å². The van der Waals surface area contributed by atoms with Gasteiger partial charge in [-0.3, -0.25) is 9.59 Å². The Hall–Kier alpha value is -1.59. The van der Waals surface area contributed by atoms with Crippen LogP contribution >= 0.6 is 11.6 Å². The average Bonchev–Trinajstić information content (AvgIpc) is 2.50. The Morgan fingerprint density at radius 2 is 2.12 bits per heavy atom. The average molecular weight is 352 g/mol. The number of carbonyl (C=O) groups excluding carboxylic acids is 2. The van der Waals surface area contributed by atoms with Crippen molar-refractivity contribution < 1.29 is 9.59 Å². The number of rotatable bonds is 5. The fourth-order valence-electron chi connectivity index (χ4n) is 2.85. The van der Waals surface area contributed by atoms with Gasteiger partial charge < -0.3 is 16.0 Å². The van der Waals surface area contributed by atoms with Gasteiger partial charge in [-0.05, 0) is 50.4 Å². The molecule has 2 amide bonds. The topological polar surface area (TPSA) is 70.2 Å². The monoisotopic (exact) mass is 351 g/mol. The van der Waals surface area contributed by atoms with Gasteiger partial charge in [-0.25, -0.2) is 0 Å². The molecule has 1 heterocycles. The predicted molar refractivity (Wildman–Crippen MR) is 97.5 cm³/mol. The van der Waals surface area contributed by atoms with Crippen molar-refractivity contribution in [3.8, 4) is 0 Å². The molecule has 1 fully saturated rings. The van der Waals surface area contributed by atoms with Crippen molar-refractivity contribution in [1.29, 1.82) is 0 Å². The Labute approximate surface area is 148 Å². The number of halogens is 1. The molecule has 0 aromatic heterocycles. The lowest BCUT2D eigenvalue weighted by atomic mass is 9.99. The minimum atomic E-state index is -0.208. The second-order valence-corrected chi connectivity index (χ2v) is 7.21. The maximum absolute atomic E-state index is 12.6. The van der Waals surface area contributed by atoms with Crippen molar-refractivity contribution in [2.24, 2.45) is 5.92 Å². The van der Waals surface area contributed by atoms with E-state index < -0.39 is 0 Å². The van der Waals surface area contributed by atoms with E-state index >= 15 is 0 Å². The molecule has 5 nitrogen and oxygen atoms in total. The van der Waals surface area contributed by atoms with Gasteiger partial charge in [-0.2, -0.15) is 0 Å². The summed E-state index contributed by atoms with van der Waals surface area (Å²) in [6.45, 7) is 7.01. The van der Waals surface area contributed by atoms with Crippen molar-refractivity contribution >= 4 is 29.1 Å². The first-order chi connectivity index (χ1) is 11.4. The number of piperidine rings is 1. The molecule has 1 saturated heterocycles. The van der Waals surface area contributed by atoms with Crippen molar-refractivity contribution in [3.63, 3.8) is 0 Å². The van der Waals surface area contributed by atoms with Crippen LogP contribution in [0.2, 0.25) is 5.02 Å². The summed E-state index contributed by atoms with van der Waals surface area (Å²) in [6, 6.07) is 5.31. The first-order valence-electron chi connectivity index (χ1n) is 8.50. The molecule has 132 valence electrons. The summed E-state index contributed by atoms with van der Waals surface area (Å²) in [5.41, 5.74) is 0.974. The molecule has 2 atom stereocenters. The number of hydrogen-bond donors (Lipinski definition) is 3. The lowest BCUT2D eigenvalue weighted by Gasteiger charge is -2.30. The van der Waals surface area contributed by atoms with Crippen LogP contribution in [-0.2, 0) is 4.79 Å². The number of hydrogen-bond acceptors (Lipinski definition) is 3. The van der Waals surface area contributed by atoms with E-state index in [0.717, 1.165) is 19.4 Å². The van der Waals surface area contributed by atoms with Crippen LogP contribution in [-0.4, -0.2) is 30.4 Å². The van der Waals surface area contributed by atoms with Gasteiger partial charge in [-0.1, -0.05) is 25.4 Å². The van der Waals surface area contributed by atoms with Crippen LogP contribution in [0.25, 0.3) is 0 Å². The van der Waals surface area contributed by atoms with Gasteiger partial charge >= 0.3 is 0 Å². The van der Waals surface area contributed by atoms with Crippen LogP contribution in [0.4, 0.5) is 5.69 Å². The van der Waals surface area contributed by atoms with E-state index in [9.17, 15) is 9.59 Å². The second-order valence-electron chi connectivity index (χ2n) is 6.81. The first kappa shape index (κ1) is 18.7. The normalized spacial score (nSPS) is 20.7. The molecule has 0 bridgehead atoms. The van der Waals surface area contributed by atoms with Crippen LogP contribution in [0, 0.1) is 5.92 Å². The Bertz CT molecular complexity index is 604. The highest BCUT2D eigenvalue weighted by Gasteiger charge is 2.24. The molecule has 0 aliphatic carbocycles. The van der Waals surface area contributed by atoms with Crippen LogP contribution in [0.15, 0.2) is 18.2 Å². The first-order valence-corrected chi connectivity index (χ1v) is 8.88. The molecule has 3 N–H and O–H groups in total. The highest BCUT2D eigenvalue weighted by molar-refractivity contribution is 6.34. The standard InChI is InChI=1S/C18H26ClN3O2/c1-11(2)9-17(23)21-13-6-7-15(19)14(10-13)18(24)22-16-5-4-8-20-12(16)3/h6-7,10-12,16,20H,4-5,8-9H2,1-3H3,(H,21,23)(H,22,24). The van der Waals surface area contributed by atoms with Crippen LogP contribution in [0.3, 0.4) is 0 Å². The Balaban J connectivity index is 2.07. The van der Waals surface area contributed by atoms with Gasteiger partial charge in [0, 0.05) is 24.2 Å². The smallest absolute Gasteiger partial charge is 0.253 e. The van der Waals surface area contributed by atoms with Crippen molar-refractivity contribution in [2.75, 3.05) is 11.9 Å². The third kappa shape index (κ3) is 5.21. The molecule has 6 heteroatoms. The number of amides is 2. The molecule has 24 heavy (non-hydrogen) atoms. The minimum absolute atomic E-state index is 0.0659. The summed E-state index contributed by atoms with van der Waals surface area (Å²) in [7, 11) is 0. The molecule has 2 rings (SSSR count). The van der Waals surface area contributed by atoms with Gasteiger partial charge in [0.1, 0.15) is 0 Å². The van der Waals surface area contributed by atoms with Crippen molar-refractivity contribution in [1.82, 2.24) is 10.6 Å². The van der Waals surface area contributed by atoms with Crippen LogP contribution in [0.5, 0.6) is 0 Å². The van der Waals surface area contributed by atoms with Gasteiger partial charge in [0.15, 0.2) is 0 Å². The lowest BCUT2D eigenvalue weighted by molar-refractivity contribution is -0.116. The molecule has 1 aliphatic heterocycles. The Kier molecular flexibility index (Phi) is 6.63. The Morgan fingerprint density at radius 1 is 1.38 bits per heavy atom. The molecule has 0 saturated carbocycles. The number of anilines is 1. The highest BCUT2D eigenvalue weighted by atomic mass is 35.5. The van der Waals surface area contributed by atoms with Gasteiger partial charge in [0.2, 0.25) is 5.91 Å². The van der Waals surface area contributed by atoms with E-state index in [2.05, 4.69) is 22.9 Å². The maximum Gasteiger partial charge on any atom is 0.253 e. The van der Waals surface area contributed by atoms with E-state index in [1.807, 2.05) is 13.8 Å². The summed E-state index contributed by atoms with van der Waals surface area (Å²) >= 11 is 6.18. The summed E-state index contributed by atoms with van der Waals surface area (Å²) in [5.74, 6) is 0.00431. The minimum Gasteiger partial charge on any atom is -0.348 e. The molecule has 1 aliphatic rings. The van der Waals surface area contributed by atoms with E-state index in [1.165, 1.54) is 0 Å². The lowest BCUT2D eigenvalue weighted by Crippen LogP contribution is -2.51. The molecule has 0 spiro atoms. The molecular weight excluding hydrogens is 326 g/mol. The number of nitrogens with one attached hydrogen (secondary N) is 3. The number of carbonyl (C=O) groups is 2. The zero-order valence-corrected chi connectivity index (χ0v) is 15.2. The van der Waals surface area contributed by atoms with E-state index in [-0.39, 0.29) is 29.8 Å². The van der Waals surface area contributed by atoms with Crippen LogP contribution < -0.4 is 16.0 Å². The fraction of sp³-hybridized carbons (Fsp3) is 0.556. The van der Waals surface area contributed by atoms with Crippen LogP contribution in [0.1, 0.15) is 50.4 Å². The summed E-state index contributed by atoms with van der Waals surface area (Å²) in [6.07, 6.45) is 2.42. The van der Waals surface area contributed by atoms with Gasteiger partial charge in [-0.15, -0.1) is 0 Å². The maximum atomic E-state index is 12.6. The Morgan fingerprint density at radius 3 is 2.79 bits per heavy atom. The van der Waals surface area contributed by atoms with Crippen molar-refractivity contribution in [3.05, 3.63) is 28.8 Å². The zero-order valence-electron chi connectivity index (χ0n) is 14.5. The second kappa shape index (κ2) is 8.49. The summed E-state index contributed by atoms with van der Waals surface area (Å²) in [5, 5.41) is 9.59. The van der Waals surface area contributed by atoms with Crippen molar-refractivity contribution in [2.45, 2.75) is 52.1 Å². The molecule has 0 radical (unpaired) electrons. The van der Waals surface area contributed by atoms with Gasteiger partial charge in [0.05, 0.1) is 10.6 Å². The molecule has 2 unspecified atom stereocenters. The quantitative estimate of drug-likeness (QED) is 0.763. The van der Waals surface area contributed by atoms with Gasteiger partial charge in [0.25, 0.3) is 5.91 Å². The molecule has 1 aromatic carbocycles. The highest BCUT2D eigenvalue weighted by Crippen LogP contribution is 2.22. The molecular formula is C18H26ClN3O2. The fourth-order valence-corrected chi connectivity index (χ4v) is 3.05. The van der Waals surface area contributed by atoms with E-state index in [1.54, 1.807) is 18.2 Å². The third-order valence-corrected chi connectivity index (χ3v) is 4.50. The summed E-state index contributed by atoms with van der Waals surface area (Å²) < 4.78 is 0. The SMILES string of the molecule is CC(C)CC(=O)Nc1ccc(Cl)c(C(=O)NC2CCCNC2C)c1. The number of benzene rings is 1. The predicted octanol–water partition coefficient (Wildman–Crippen LogP) is 3.19. The van der Waals surface area contributed by atoms with E-state index in [0.29, 0.717) is 22.7 Å². The summed E-state index contributed by atoms with van der Waals surface area (Å²) in [4.78, 5) is 24.5. The zero-order chi connectivity index (χ0) is 17.7.